The van der Waals surface area contributed by atoms with Crippen LogP contribution in [0.4, 0.5) is 24.7 Å². The van der Waals surface area contributed by atoms with Crippen molar-refractivity contribution in [3.05, 3.63) is 82.3 Å². The van der Waals surface area contributed by atoms with Gasteiger partial charge in [0.15, 0.2) is 0 Å². The number of anilines is 3. The minimum atomic E-state index is -0.447. The number of carbonyl (C=O) groups excluding carboxylic acids is 2. The molecule has 1 aliphatic rings. The van der Waals surface area contributed by atoms with Crippen molar-refractivity contribution in [1.29, 1.82) is 0 Å². The zero-order valence-corrected chi connectivity index (χ0v) is 19.6. The predicted molar refractivity (Wildman–Crippen MR) is 124 cm³/mol. The monoisotopic (exact) mass is 517 g/mol. The number of halogens is 2. The van der Waals surface area contributed by atoms with Crippen LogP contribution in [-0.2, 0) is 9.59 Å². The molecule has 0 radical (unpaired) electrons. The molecule has 1 aromatic heterocycles. The number of thiocarbonyl (C=S) groups is 1. The van der Waals surface area contributed by atoms with Crippen LogP contribution in [0.1, 0.15) is 4.44 Å². The first-order valence-electron chi connectivity index (χ1n) is 9.49. The number of amides is 2. The molecule has 9 heteroatoms. The molecule has 5 nitrogen and oxygen atoms in total. The summed E-state index contributed by atoms with van der Waals surface area (Å²) in [5.41, 5.74) is 1.47. The summed E-state index contributed by atoms with van der Waals surface area (Å²) >= 11 is 4.85. The van der Waals surface area contributed by atoms with Gasteiger partial charge in [-0.15, -0.1) is 0 Å². The maximum atomic E-state index is 13.5. The molecule has 2 amide bonds. The Labute approximate surface area is 194 Å². The van der Waals surface area contributed by atoms with Gasteiger partial charge in [0.05, 0.1) is 0 Å². The van der Waals surface area contributed by atoms with Gasteiger partial charge in [0.1, 0.15) is 0 Å². The Morgan fingerprint density at radius 1 is 0.812 bits per heavy atom. The molecule has 0 spiro atoms. The van der Waals surface area contributed by atoms with Crippen LogP contribution >= 0.6 is 12.2 Å². The van der Waals surface area contributed by atoms with E-state index in [4.69, 9.17) is 12.2 Å². The minimum absolute atomic E-state index is 0.0430. The number of nitrogens with zero attached hydrogens (tertiary/aromatic N) is 3. The molecule has 1 aliphatic heterocycles. The van der Waals surface area contributed by atoms with E-state index in [1.54, 1.807) is 30.3 Å². The van der Waals surface area contributed by atoms with Crippen LogP contribution in [0, 0.1) is 11.6 Å². The van der Waals surface area contributed by atoms with Crippen molar-refractivity contribution in [3.8, 4) is 0 Å². The number of rotatable bonds is 4. The predicted octanol–water partition coefficient (Wildman–Crippen LogP) is 4.09. The first kappa shape index (κ1) is 22.1. The maximum absolute atomic E-state index is 13.5. The number of hydrogen-bond donors (Lipinski definition) is 0. The van der Waals surface area contributed by atoms with Crippen molar-refractivity contribution >= 4 is 65.7 Å². The third-order valence-corrected chi connectivity index (χ3v) is 7.62. The van der Waals surface area contributed by atoms with Crippen molar-refractivity contribution in [2.45, 2.75) is 0 Å². The van der Waals surface area contributed by atoms with E-state index < -0.39 is 11.8 Å². The Bertz CT molecular complexity index is 1170. The SMILES string of the molecule is CN1C(=O)C(=Cc2ccc(N(c3ccc(F)cc3)c3ccc(F)cc3)[se]2)C(=O)N(C)C1=S. The van der Waals surface area contributed by atoms with E-state index in [1.807, 2.05) is 17.0 Å². The molecule has 4 rings (SSSR count). The number of carbonyl (C=O) groups is 2. The number of likely N-dealkylation sites (N-methyl/N-ethyl adjacent to an activating group) is 2. The third kappa shape index (κ3) is 4.14. The van der Waals surface area contributed by atoms with Gasteiger partial charge in [-0.2, -0.15) is 0 Å². The van der Waals surface area contributed by atoms with Crippen LogP contribution < -0.4 is 4.90 Å². The molecule has 0 unspecified atom stereocenters. The Balaban J connectivity index is 1.75. The van der Waals surface area contributed by atoms with Crippen LogP contribution in [0.3, 0.4) is 0 Å². The van der Waals surface area contributed by atoms with E-state index in [2.05, 4.69) is 0 Å². The summed E-state index contributed by atoms with van der Waals surface area (Å²) in [7, 11) is 3.06. The average Bonchev–Trinajstić information content (AvgIpc) is 3.25. The van der Waals surface area contributed by atoms with Gasteiger partial charge in [-0.3, -0.25) is 0 Å². The zero-order chi connectivity index (χ0) is 23.0. The van der Waals surface area contributed by atoms with Crippen molar-refractivity contribution in [2.24, 2.45) is 0 Å². The molecule has 0 saturated carbocycles. The molecule has 3 aromatic rings. The van der Waals surface area contributed by atoms with Crippen LogP contribution in [0.15, 0.2) is 66.2 Å². The summed E-state index contributed by atoms with van der Waals surface area (Å²) in [5.74, 6) is -1.61. The molecule has 1 saturated heterocycles. The molecule has 0 aliphatic carbocycles. The summed E-state index contributed by atoms with van der Waals surface area (Å²) in [6.45, 7) is 0. The second-order valence-electron chi connectivity index (χ2n) is 7.03. The molecule has 1 fully saturated rings. The quantitative estimate of drug-likeness (QED) is 0.227. The van der Waals surface area contributed by atoms with Crippen LogP contribution in [-0.4, -0.2) is 55.3 Å². The van der Waals surface area contributed by atoms with Gasteiger partial charge in [0, 0.05) is 0 Å². The van der Waals surface area contributed by atoms with Gasteiger partial charge < -0.3 is 0 Å². The summed E-state index contributed by atoms with van der Waals surface area (Å²) < 4.78 is 28.7. The van der Waals surface area contributed by atoms with Gasteiger partial charge in [-0.05, 0) is 0 Å². The standard InChI is InChI=1S/C23H17F2N3O2SSe/c1-26-21(29)19(22(30)27(2)23(26)31)13-18-11-12-20(32-18)28(16-7-3-14(24)4-8-16)17-9-5-15(25)6-10-17/h3-13H,1-2H3. The van der Waals surface area contributed by atoms with Crippen LogP contribution in [0.25, 0.3) is 6.08 Å². The summed E-state index contributed by atoms with van der Waals surface area (Å²) in [5, 5.41) is 0.153. The molecule has 0 bridgehead atoms. The fourth-order valence-electron chi connectivity index (χ4n) is 3.24. The Kier molecular flexibility index (Phi) is 6.06. The molecule has 162 valence electrons. The molecule has 0 atom stereocenters. The second kappa shape index (κ2) is 8.78. The number of hydrogen-bond acceptors (Lipinski definition) is 4. The van der Waals surface area contributed by atoms with Crippen molar-refractivity contribution in [1.82, 2.24) is 9.80 Å². The Hall–Kier alpha value is -3.13. The summed E-state index contributed by atoms with van der Waals surface area (Å²) in [6, 6.07) is 15.7. The Morgan fingerprint density at radius 2 is 1.28 bits per heavy atom. The van der Waals surface area contributed by atoms with Gasteiger partial charge in [-0.1, -0.05) is 0 Å². The number of benzene rings is 2. The molecule has 32 heavy (non-hydrogen) atoms. The second-order valence-corrected chi connectivity index (χ2v) is 9.69. The summed E-state index contributed by atoms with van der Waals surface area (Å²) in [4.78, 5) is 29.6. The van der Waals surface area contributed by atoms with E-state index in [1.165, 1.54) is 48.2 Å². The van der Waals surface area contributed by atoms with Crippen molar-refractivity contribution in [3.63, 3.8) is 0 Å². The molecular weight excluding hydrogens is 499 g/mol. The molecule has 0 N–H and O–H groups in total. The van der Waals surface area contributed by atoms with Crippen molar-refractivity contribution in [2.75, 3.05) is 19.0 Å². The average molecular weight is 516 g/mol. The zero-order valence-electron chi connectivity index (χ0n) is 17.1. The Morgan fingerprint density at radius 3 is 1.75 bits per heavy atom. The van der Waals surface area contributed by atoms with Crippen molar-refractivity contribution < 1.29 is 18.4 Å². The van der Waals surface area contributed by atoms with Gasteiger partial charge in [0.25, 0.3) is 0 Å². The first-order valence-corrected chi connectivity index (χ1v) is 11.6. The van der Waals surface area contributed by atoms with E-state index >= 15 is 0 Å². The summed E-state index contributed by atoms with van der Waals surface area (Å²) in [6.07, 6.45) is 1.59. The van der Waals surface area contributed by atoms with Crippen LogP contribution in [0.2, 0.25) is 0 Å². The third-order valence-electron chi connectivity index (χ3n) is 4.93. The first-order chi connectivity index (χ1) is 15.3. The van der Waals surface area contributed by atoms with E-state index in [-0.39, 0.29) is 36.8 Å². The van der Waals surface area contributed by atoms with Crippen LogP contribution in [0.5, 0.6) is 0 Å². The van der Waals surface area contributed by atoms with Gasteiger partial charge in [0.2, 0.25) is 0 Å². The normalized spacial score (nSPS) is 14.2. The fraction of sp³-hybridized carbons (Fsp3) is 0.0870. The van der Waals surface area contributed by atoms with E-state index in [9.17, 15) is 18.4 Å². The van der Waals surface area contributed by atoms with E-state index in [0.717, 1.165) is 9.00 Å². The van der Waals surface area contributed by atoms with Gasteiger partial charge in [-0.25, -0.2) is 0 Å². The van der Waals surface area contributed by atoms with E-state index in [0.29, 0.717) is 11.4 Å². The fourth-order valence-corrected chi connectivity index (χ4v) is 5.49. The topological polar surface area (TPSA) is 43.9 Å². The molecular formula is C23H17F2N3O2SSe. The molecule has 2 aromatic carbocycles. The molecule has 2 heterocycles. The van der Waals surface area contributed by atoms with Gasteiger partial charge >= 0.3 is 195 Å².